The first kappa shape index (κ1) is 26.7. The Morgan fingerprint density at radius 3 is 1.83 bits per heavy atom. The van der Waals surface area contributed by atoms with Crippen molar-refractivity contribution < 1.29 is 14.6 Å². The van der Waals surface area contributed by atoms with Gasteiger partial charge in [-0.3, -0.25) is 4.79 Å². The molecule has 3 atom stereocenters. The third kappa shape index (κ3) is 12.4. The Kier molecular flexibility index (Phi) is 14.5. The maximum Gasteiger partial charge on any atom is 0.311 e. The lowest BCUT2D eigenvalue weighted by molar-refractivity contribution is -0.154. The van der Waals surface area contributed by atoms with Crippen molar-refractivity contribution in [2.24, 2.45) is 17.8 Å². The molecule has 0 saturated heterocycles. The van der Waals surface area contributed by atoms with Gasteiger partial charge in [0.2, 0.25) is 0 Å². The molecule has 0 aliphatic heterocycles. The Bertz CT molecular complexity index is 540. The molecule has 0 radical (unpaired) electrons. The molecular weight excluding hydrogens is 372 g/mol. The molecule has 30 heavy (non-hydrogen) atoms. The molecule has 1 rings (SSSR count). The number of carbonyl (C=O) groups excluding carboxylic acids is 1. The zero-order chi connectivity index (χ0) is 22.2. The van der Waals surface area contributed by atoms with Crippen LogP contribution in [-0.2, 0) is 16.1 Å². The third-order valence-corrected chi connectivity index (χ3v) is 6.13. The predicted molar refractivity (Wildman–Crippen MR) is 126 cm³/mol. The summed E-state index contributed by atoms with van der Waals surface area (Å²) in [4.78, 5) is 12.3. The molecule has 0 saturated carbocycles. The number of esters is 1. The molecule has 0 bridgehead atoms. The standard InChI is InChI=1S/C27H46O3/c1-22(2)17-13-10-8-6-5-7-9-11-14-18-23(3)26(28)24(4)27(29)30-21-25-19-15-12-16-20-25/h12,15-16,19-20,22-24,26,28H,5-11,13-14,17-18,21H2,1-4H3/t23-,24+,26+/m1/s1. The number of benzene rings is 1. The number of ether oxygens (including phenoxy) is 1. The summed E-state index contributed by atoms with van der Waals surface area (Å²) in [6.45, 7) is 8.69. The first-order chi connectivity index (χ1) is 14.4. The summed E-state index contributed by atoms with van der Waals surface area (Å²) in [6, 6.07) is 9.66. The van der Waals surface area contributed by atoms with E-state index in [0.29, 0.717) is 0 Å². The number of aliphatic hydroxyl groups is 1. The van der Waals surface area contributed by atoms with Gasteiger partial charge in [-0.05, 0) is 30.7 Å². The molecule has 0 fully saturated rings. The van der Waals surface area contributed by atoms with E-state index in [1.807, 2.05) is 37.3 Å². The van der Waals surface area contributed by atoms with E-state index in [9.17, 15) is 9.90 Å². The first-order valence-electron chi connectivity index (χ1n) is 12.3. The van der Waals surface area contributed by atoms with E-state index in [0.717, 1.165) is 24.3 Å². The maximum absolute atomic E-state index is 12.3. The van der Waals surface area contributed by atoms with Gasteiger partial charge in [-0.25, -0.2) is 0 Å². The van der Waals surface area contributed by atoms with Crippen LogP contribution >= 0.6 is 0 Å². The lowest BCUT2D eigenvalue weighted by Crippen LogP contribution is -2.32. The maximum atomic E-state index is 12.3. The van der Waals surface area contributed by atoms with E-state index < -0.39 is 12.0 Å². The Balaban J connectivity index is 2.05. The molecule has 172 valence electrons. The number of hydrogen-bond donors (Lipinski definition) is 1. The first-order valence-corrected chi connectivity index (χ1v) is 12.3. The van der Waals surface area contributed by atoms with Crippen LogP contribution in [0.4, 0.5) is 0 Å². The average Bonchev–Trinajstić information content (AvgIpc) is 2.75. The number of unbranched alkanes of at least 4 members (excludes halogenated alkanes) is 8. The minimum Gasteiger partial charge on any atom is -0.461 e. The summed E-state index contributed by atoms with van der Waals surface area (Å²) in [5, 5.41) is 10.5. The van der Waals surface area contributed by atoms with Gasteiger partial charge in [0.1, 0.15) is 6.61 Å². The van der Waals surface area contributed by atoms with Crippen LogP contribution in [0.2, 0.25) is 0 Å². The Morgan fingerprint density at radius 1 is 0.800 bits per heavy atom. The van der Waals surface area contributed by atoms with Gasteiger partial charge in [-0.15, -0.1) is 0 Å². The number of rotatable bonds is 17. The van der Waals surface area contributed by atoms with Gasteiger partial charge in [0.25, 0.3) is 0 Å². The molecule has 0 unspecified atom stereocenters. The molecule has 0 heterocycles. The van der Waals surface area contributed by atoms with Crippen LogP contribution < -0.4 is 0 Å². The highest BCUT2D eigenvalue weighted by atomic mass is 16.5. The largest absolute Gasteiger partial charge is 0.461 e. The van der Waals surface area contributed by atoms with E-state index in [1.165, 1.54) is 57.8 Å². The lowest BCUT2D eigenvalue weighted by Gasteiger charge is -2.23. The van der Waals surface area contributed by atoms with Crippen LogP contribution in [0.1, 0.15) is 104 Å². The fourth-order valence-corrected chi connectivity index (χ4v) is 3.92. The van der Waals surface area contributed by atoms with E-state index in [1.54, 1.807) is 6.92 Å². The van der Waals surface area contributed by atoms with Crippen molar-refractivity contribution >= 4 is 5.97 Å². The van der Waals surface area contributed by atoms with Gasteiger partial charge in [0.05, 0.1) is 12.0 Å². The third-order valence-electron chi connectivity index (χ3n) is 6.13. The molecule has 1 N–H and O–H groups in total. The van der Waals surface area contributed by atoms with E-state index >= 15 is 0 Å². The number of carbonyl (C=O) groups is 1. The van der Waals surface area contributed by atoms with Crippen molar-refractivity contribution in [3.8, 4) is 0 Å². The molecule has 3 nitrogen and oxygen atoms in total. The molecule has 0 amide bonds. The fourth-order valence-electron chi connectivity index (χ4n) is 3.92. The second-order valence-corrected chi connectivity index (χ2v) is 9.50. The number of hydrogen-bond acceptors (Lipinski definition) is 3. The van der Waals surface area contributed by atoms with Crippen molar-refractivity contribution in [2.75, 3.05) is 0 Å². The molecule has 1 aromatic carbocycles. The Morgan fingerprint density at radius 2 is 1.30 bits per heavy atom. The highest BCUT2D eigenvalue weighted by Crippen LogP contribution is 2.21. The summed E-state index contributed by atoms with van der Waals surface area (Å²) >= 11 is 0. The van der Waals surface area contributed by atoms with Crippen LogP contribution in [0.25, 0.3) is 0 Å². The van der Waals surface area contributed by atoms with Crippen LogP contribution in [-0.4, -0.2) is 17.2 Å². The molecule has 0 aliphatic carbocycles. The Labute approximate surface area is 185 Å². The highest BCUT2D eigenvalue weighted by molar-refractivity contribution is 5.72. The molecule has 1 aromatic rings. The molecule has 0 spiro atoms. The van der Waals surface area contributed by atoms with Gasteiger partial charge in [0, 0.05) is 0 Å². The molecule has 0 aliphatic rings. The van der Waals surface area contributed by atoms with E-state index in [2.05, 4.69) is 13.8 Å². The van der Waals surface area contributed by atoms with Gasteiger partial charge < -0.3 is 9.84 Å². The normalized spacial score (nSPS) is 14.5. The Hall–Kier alpha value is -1.35. The zero-order valence-electron chi connectivity index (χ0n) is 19.9. The minimum absolute atomic E-state index is 0.116. The molecule has 0 aromatic heterocycles. The average molecular weight is 419 g/mol. The minimum atomic E-state index is -0.640. The van der Waals surface area contributed by atoms with Crippen molar-refractivity contribution in [3.05, 3.63) is 35.9 Å². The van der Waals surface area contributed by atoms with Crippen molar-refractivity contribution in [2.45, 2.75) is 111 Å². The fraction of sp³-hybridized carbons (Fsp3) is 0.741. The summed E-state index contributed by atoms with van der Waals surface area (Å²) in [7, 11) is 0. The monoisotopic (exact) mass is 418 g/mol. The number of aliphatic hydroxyl groups excluding tert-OH is 1. The summed E-state index contributed by atoms with van der Waals surface area (Å²) in [5.41, 5.74) is 0.969. The zero-order valence-corrected chi connectivity index (χ0v) is 19.9. The smallest absolute Gasteiger partial charge is 0.311 e. The SMILES string of the molecule is CC(C)CCCCCCCCCCC[C@@H](C)[C@H](O)[C@H](C)C(=O)OCc1ccccc1. The van der Waals surface area contributed by atoms with Gasteiger partial charge in [-0.2, -0.15) is 0 Å². The van der Waals surface area contributed by atoms with Crippen LogP contribution in [0.5, 0.6) is 0 Å². The van der Waals surface area contributed by atoms with Gasteiger partial charge in [-0.1, -0.05) is 115 Å². The molecular formula is C27H46O3. The van der Waals surface area contributed by atoms with Gasteiger partial charge >= 0.3 is 5.97 Å². The van der Waals surface area contributed by atoms with Crippen molar-refractivity contribution in [1.29, 1.82) is 0 Å². The van der Waals surface area contributed by atoms with E-state index in [4.69, 9.17) is 4.74 Å². The molecule has 3 heteroatoms. The van der Waals surface area contributed by atoms with Crippen LogP contribution in [0.15, 0.2) is 30.3 Å². The van der Waals surface area contributed by atoms with E-state index in [-0.39, 0.29) is 18.5 Å². The van der Waals surface area contributed by atoms with Gasteiger partial charge in [0.15, 0.2) is 0 Å². The van der Waals surface area contributed by atoms with Crippen LogP contribution in [0, 0.1) is 17.8 Å². The summed E-state index contributed by atoms with van der Waals surface area (Å²) < 4.78 is 5.38. The van der Waals surface area contributed by atoms with Crippen LogP contribution in [0.3, 0.4) is 0 Å². The quantitative estimate of drug-likeness (QED) is 0.213. The van der Waals surface area contributed by atoms with Crippen molar-refractivity contribution in [1.82, 2.24) is 0 Å². The predicted octanol–water partition coefficient (Wildman–Crippen LogP) is 7.31. The highest BCUT2D eigenvalue weighted by Gasteiger charge is 2.27. The topological polar surface area (TPSA) is 46.5 Å². The second-order valence-electron chi connectivity index (χ2n) is 9.50. The van der Waals surface area contributed by atoms with Crippen molar-refractivity contribution in [3.63, 3.8) is 0 Å². The summed E-state index contributed by atoms with van der Waals surface area (Å²) in [6.07, 6.45) is 13.5. The summed E-state index contributed by atoms with van der Waals surface area (Å²) in [5.74, 6) is 0.157. The lowest BCUT2D eigenvalue weighted by atomic mass is 9.89. The second kappa shape index (κ2) is 16.4.